The quantitative estimate of drug-likeness (QED) is 0.214. The van der Waals surface area contributed by atoms with Crippen molar-refractivity contribution in [1.82, 2.24) is 25.0 Å². The number of benzene rings is 2. The van der Waals surface area contributed by atoms with Gasteiger partial charge in [0.15, 0.2) is 0 Å². The fraction of sp³-hybridized carbons (Fsp3) is 0.419. The molecule has 1 aliphatic carbocycles. The number of hydrogen-bond donors (Lipinski definition) is 1. The van der Waals surface area contributed by atoms with E-state index in [1.54, 1.807) is 30.5 Å². The number of aromatic nitrogens is 1. The zero-order valence-corrected chi connectivity index (χ0v) is 32.7. The first kappa shape index (κ1) is 36.9. The Balaban J connectivity index is 0.783. The molecule has 1 N–H and O–H groups in total. The summed E-state index contributed by atoms with van der Waals surface area (Å²) in [5, 5.41) is 2.57. The van der Waals surface area contributed by atoms with Crippen LogP contribution < -0.4 is 15.0 Å². The first-order chi connectivity index (χ1) is 27.1. The minimum atomic E-state index is -1.02. The van der Waals surface area contributed by atoms with Crippen LogP contribution in [0.4, 0.5) is 11.4 Å². The standard InChI is InChI=1S/C43H40ClN7O6/c1-42(2)40(43(3,4)41(42)57-28-9-11-32(45-5)31(44)16-28)50-20-25-14-23(8-10-29(25)37(50)54)6-7-24-18-48(19-24)27-21-49(22-27)26-15-30-35(46-17-26)39(56)51(38(30)55)33-12-13-34(52)47-36(33)53/h8-11,14-17,24,27,33,40-41H,12-13,18-22H2,1-4H3,(H,47,52,53). The molecule has 0 radical (unpaired) electrons. The van der Waals surface area contributed by atoms with Crippen LogP contribution >= 0.6 is 11.6 Å². The van der Waals surface area contributed by atoms with Gasteiger partial charge in [-0.05, 0) is 48.4 Å². The number of ether oxygens (including phenoxy) is 1. The molecule has 5 aliphatic heterocycles. The Morgan fingerprint density at radius 1 is 0.930 bits per heavy atom. The molecule has 1 atom stereocenters. The highest BCUT2D eigenvalue weighted by molar-refractivity contribution is 6.33. The summed E-state index contributed by atoms with van der Waals surface area (Å²) in [6.45, 7) is 19.5. The highest BCUT2D eigenvalue weighted by Gasteiger charge is 2.67. The van der Waals surface area contributed by atoms with Gasteiger partial charge in [-0.3, -0.25) is 39.1 Å². The van der Waals surface area contributed by atoms with Crippen LogP contribution in [-0.4, -0.2) is 99.6 Å². The Labute approximate surface area is 335 Å². The van der Waals surface area contributed by atoms with Crippen LogP contribution in [0.5, 0.6) is 5.75 Å². The number of imide groups is 2. The number of likely N-dealkylation sites (tertiary alicyclic amines) is 1. The number of halogens is 1. The van der Waals surface area contributed by atoms with Gasteiger partial charge in [0.2, 0.25) is 17.5 Å². The molecule has 290 valence electrons. The molecule has 1 aromatic heterocycles. The summed E-state index contributed by atoms with van der Waals surface area (Å²) in [6, 6.07) is 11.9. The van der Waals surface area contributed by atoms with Gasteiger partial charge in [0.1, 0.15) is 23.6 Å². The first-order valence-electron chi connectivity index (χ1n) is 19.2. The van der Waals surface area contributed by atoms with Crippen LogP contribution in [-0.2, 0) is 16.1 Å². The molecule has 6 aliphatic rings. The second-order valence-corrected chi connectivity index (χ2v) is 17.5. The van der Waals surface area contributed by atoms with Gasteiger partial charge < -0.3 is 14.5 Å². The van der Waals surface area contributed by atoms with Gasteiger partial charge in [0.05, 0.1) is 29.0 Å². The molecule has 6 heterocycles. The lowest BCUT2D eigenvalue weighted by Crippen LogP contribution is -2.74. The van der Waals surface area contributed by atoms with Crippen LogP contribution in [0.15, 0.2) is 48.7 Å². The summed E-state index contributed by atoms with van der Waals surface area (Å²) >= 11 is 6.29. The Kier molecular flexibility index (Phi) is 8.50. The minimum absolute atomic E-state index is 0.0210. The van der Waals surface area contributed by atoms with E-state index in [1.165, 1.54) is 0 Å². The van der Waals surface area contributed by atoms with Crippen molar-refractivity contribution in [2.45, 2.75) is 71.3 Å². The molecule has 57 heavy (non-hydrogen) atoms. The van der Waals surface area contributed by atoms with Gasteiger partial charge in [-0.15, -0.1) is 0 Å². The molecule has 14 heteroatoms. The lowest BCUT2D eigenvalue weighted by molar-refractivity contribution is -0.199. The topological polar surface area (TPSA) is 137 Å². The van der Waals surface area contributed by atoms with Gasteiger partial charge in [-0.25, -0.2) is 9.83 Å². The molecule has 4 fully saturated rings. The monoisotopic (exact) mass is 785 g/mol. The summed E-state index contributed by atoms with van der Waals surface area (Å²) in [5.74, 6) is 5.41. The minimum Gasteiger partial charge on any atom is -0.489 e. The number of piperidine rings is 1. The average Bonchev–Trinajstić information content (AvgIpc) is 3.57. The molecule has 3 aromatic rings. The largest absolute Gasteiger partial charge is 0.489 e. The smallest absolute Gasteiger partial charge is 0.280 e. The number of carbonyl (C=O) groups is 5. The molecule has 0 bridgehead atoms. The summed E-state index contributed by atoms with van der Waals surface area (Å²) in [5.41, 5.74) is 3.21. The van der Waals surface area contributed by atoms with Crippen molar-refractivity contribution in [2.24, 2.45) is 16.7 Å². The maximum atomic E-state index is 13.8. The Morgan fingerprint density at radius 3 is 2.39 bits per heavy atom. The number of nitrogens with zero attached hydrogens (tertiary/aromatic N) is 6. The lowest BCUT2D eigenvalue weighted by Gasteiger charge is -2.65. The maximum Gasteiger partial charge on any atom is 0.280 e. The summed E-state index contributed by atoms with van der Waals surface area (Å²) in [4.78, 5) is 79.2. The van der Waals surface area contributed by atoms with Crippen LogP contribution in [0.25, 0.3) is 4.85 Å². The highest BCUT2D eigenvalue weighted by atomic mass is 35.5. The Bertz CT molecular complexity index is 2400. The molecule has 2 aromatic carbocycles. The number of amides is 5. The molecule has 5 amide bonds. The van der Waals surface area contributed by atoms with Gasteiger partial charge in [0, 0.05) is 79.1 Å². The Hall–Kier alpha value is -5.76. The number of pyridine rings is 1. The van der Waals surface area contributed by atoms with Gasteiger partial charge in [-0.1, -0.05) is 57.2 Å². The molecular weight excluding hydrogens is 746 g/mol. The van der Waals surface area contributed by atoms with E-state index in [-0.39, 0.29) is 58.9 Å². The molecule has 1 saturated carbocycles. The van der Waals surface area contributed by atoms with E-state index in [9.17, 15) is 24.0 Å². The predicted molar refractivity (Wildman–Crippen MR) is 209 cm³/mol. The number of hydrogen-bond acceptors (Lipinski definition) is 9. The molecule has 9 rings (SSSR count). The van der Waals surface area contributed by atoms with E-state index in [1.807, 2.05) is 23.1 Å². The Morgan fingerprint density at radius 2 is 1.68 bits per heavy atom. The van der Waals surface area contributed by atoms with E-state index < -0.39 is 29.7 Å². The van der Waals surface area contributed by atoms with Crippen molar-refractivity contribution >= 4 is 52.5 Å². The summed E-state index contributed by atoms with van der Waals surface area (Å²) in [7, 11) is 0. The maximum absolute atomic E-state index is 13.8. The van der Waals surface area contributed by atoms with Crippen molar-refractivity contribution in [3.05, 3.63) is 93.0 Å². The lowest BCUT2D eigenvalue weighted by atomic mass is 9.49. The third-order valence-corrected chi connectivity index (χ3v) is 12.9. The molecule has 13 nitrogen and oxygen atoms in total. The number of fused-ring (bicyclic) bond motifs is 2. The number of anilines is 1. The molecule has 1 unspecified atom stereocenters. The van der Waals surface area contributed by atoms with E-state index >= 15 is 0 Å². The number of carbonyl (C=O) groups excluding carboxylic acids is 5. The highest BCUT2D eigenvalue weighted by Crippen LogP contribution is 2.59. The SMILES string of the molecule is [C-]#[N+]c1ccc(OC2C(C)(C)C(N3Cc4cc(C#CC5CN(C6CN(c7cnc8c(c7)C(=O)N(C7CCC(=O)NC7=O)C8=O)C6)C5)ccc4C3=O)C2(C)C)cc1Cl. The normalized spacial score (nSPS) is 25.1. The van der Waals surface area contributed by atoms with Crippen LogP contribution in [0.2, 0.25) is 5.02 Å². The predicted octanol–water partition coefficient (Wildman–Crippen LogP) is 4.70. The van der Waals surface area contributed by atoms with Gasteiger partial charge in [0.25, 0.3) is 17.7 Å². The fourth-order valence-electron chi connectivity index (χ4n) is 10.1. The van der Waals surface area contributed by atoms with Crippen molar-refractivity contribution < 1.29 is 28.7 Å². The van der Waals surface area contributed by atoms with E-state index in [2.05, 4.69) is 64.5 Å². The van der Waals surface area contributed by atoms with Crippen molar-refractivity contribution in [3.63, 3.8) is 0 Å². The molecule has 0 spiro atoms. The number of rotatable bonds is 6. The van der Waals surface area contributed by atoms with Gasteiger partial charge in [-0.2, -0.15) is 0 Å². The second kappa shape index (κ2) is 13.2. The summed E-state index contributed by atoms with van der Waals surface area (Å²) in [6.07, 6.45) is 1.58. The van der Waals surface area contributed by atoms with Gasteiger partial charge >= 0.3 is 0 Å². The van der Waals surface area contributed by atoms with Crippen molar-refractivity contribution in [1.29, 1.82) is 0 Å². The second-order valence-electron chi connectivity index (χ2n) is 17.1. The van der Waals surface area contributed by atoms with Crippen LogP contribution in [0, 0.1) is 35.2 Å². The third-order valence-electron chi connectivity index (χ3n) is 12.6. The van der Waals surface area contributed by atoms with Crippen LogP contribution in [0.1, 0.15) is 82.9 Å². The molecule has 3 saturated heterocycles. The average molecular weight is 786 g/mol. The van der Waals surface area contributed by atoms with Crippen molar-refractivity contribution in [3.8, 4) is 17.6 Å². The summed E-state index contributed by atoms with van der Waals surface area (Å²) < 4.78 is 6.47. The van der Waals surface area contributed by atoms with Crippen molar-refractivity contribution in [2.75, 3.05) is 31.1 Å². The first-order valence-corrected chi connectivity index (χ1v) is 19.5. The van der Waals surface area contributed by atoms with E-state index in [0.29, 0.717) is 34.6 Å². The fourth-order valence-corrected chi connectivity index (χ4v) is 10.3. The van der Waals surface area contributed by atoms with E-state index in [0.717, 1.165) is 47.9 Å². The number of nitrogens with one attached hydrogen (secondary N) is 1. The third kappa shape index (κ3) is 5.86. The zero-order chi connectivity index (χ0) is 40.1. The zero-order valence-electron chi connectivity index (χ0n) is 32.0. The van der Waals surface area contributed by atoms with Crippen LogP contribution in [0.3, 0.4) is 0 Å². The molecular formula is C43H40ClN7O6. The van der Waals surface area contributed by atoms with E-state index in [4.69, 9.17) is 22.9 Å².